The van der Waals surface area contributed by atoms with Crippen LogP contribution in [0.15, 0.2) is 59.5 Å². The molecule has 2 N–H and O–H groups in total. The van der Waals surface area contributed by atoms with Crippen molar-refractivity contribution in [1.29, 1.82) is 0 Å². The molecule has 7 nitrogen and oxygen atoms in total. The number of nitrogens with one attached hydrogen (secondary N) is 2. The van der Waals surface area contributed by atoms with Crippen LogP contribution in [0.2, 0.25) is 0 Å². The second-order valence-electron chi connectivity index (χ2n) is 7.84. The first-order valence-electron chi connectivity index (χ1n) is 10.5. The van der Waals surface area contributed by atoms with Crippen molar-refractivity contribution in [1.82, 2.24) is 14.9 Å². The highest BCUT2D eigenvalue weighted by atomic mass is 32.2. The van der Waals surface area contributed by atoms with Crippen LogP contribution in [-0.4, -0.2) is 44.3 Å². The predicted molar refractivity (Wildman–Crippen MR) is 119 cm³/mol. The van der Waals surface area contributed by atoms with Crippen LogP contribution in [0.1, 0.15) is 37.3 Å². The zero-order valence-electron chi connectivity index (χ0n) is 17.9. The molecule has 0 aromatic heterocycles. The number of nitrogens with zero attached hydrogens (tertiary/aromatic N) is 1. The number of carbonyl (C=O) groups is 2. The van der Waals surface area contributed by atoms with E-state index in [2.05, 4.69) is 10.0 Å². The molecule has 8 heteroatoms. The van der Waals surface area contributed by atoms with E-state index >= 15 is 0 Å². The maximum absolute atomic E-state index is 13.0. The van der Waals surface area contributed by atoms with Crippen LogP contribution in [0.4, 0.5) is 0 Å². The van der Waals surface area contributed by atoms with Crippen molar-refractivity contribution in [3.05, 3.63) is 65.7 Å². The number of aryl methyl sites for hydroxylation is 1. The molecule has 1 aliphatic carbocycles. The molecule has 2 aromatic rings. The minimum Gasteiger partial charge on any atom is -0.357 e. The first kappa shape index (κ1) is 23.0. The number of hydrogen-bond acceptors (Lipinski definition) is 4. The third-order valence-electron chi connectivity index (χ3n) is 5.37. The van der Waals surface area contributed by atoms with Gasteiger partial charge in [0.25, 0.3) is 0 Å². The Morgan fingerprint density at radius 1 is 1.03 bits per heavy atom. The van der Waals surface area contributed by atoms with Gasteiger partial charge >= 0.3 is 0 Å². The maximum atomic E-state index is 13.0. The van der Waals surface area contributed by atoms with E-state index in [1.807, 2.05) is 30.3 Å². The molecule has 1 unspecified atom stereocenters. The SMILES string of the molecule is CNC(=O)C(C)N(Cc1ccccc1)C(=O)CCc1ccc(S(=O)(=O)NC2CC2)cc1. The number of carbonyl (C=O) groups excluding carboxylic acids is 2. The summed E-state index contributed by atoms with van der Waals surface area (Å²) in [6.45, 7) is 2.06. The molecule has 0 spiro atoms. The van der Waals surface area contributed by atoms with Crippen molar-refractivity contribution in [3.63, 3.8) is 0 Å². The Balaban J connectivity index is 1.64. The number of rotatable bonds is 10. The summed E-state index contributed by atoms with van der Waals surface area (Å²) in [7, 11) is -1.93. The molecule has 1 saturated carbocycles. The number of likely N-dealkylation sites (N-methyl/N-ethyl adjacent to an activating group) is 1. The molecule has 1 aliphatic rings. The van der Waals surface area contributed by atoms with E-state index in [1.165, 1.54) is 0 Å². The second-order valence-corrected chi connectivity index (χ2v) is 9.55. The molecule has 31 heavy (non-hydrogen) atoms. The standard InChI is InChI=1S/C23H29N3O4S/c1-17(23(28)24-2)26(16-19-6-4-3-5-7-19)22(27)15-10-18-8-13-21(14-9-18)31(29,30)25-20-11-12-20/h3-9,13-14,17,20,25H,10-12,15-16H2,1-2H3,(H,24,28). The number of sulfonamides is 1. The Labute approximate surface area is 183 Å². The van der Waals surface area contributed by atoms with Crippen molar-refractivity contribution in [2.24, 2.45) is 0 Å². The van der Waals surface area contributed by atoms with Gasteiger partial charge in [-0.3, -0.25) is 9.59 Å². The number of hydrogen-bond donors (Lipinski definition) is 2. The van der Waals surface area contributed by atoms with Gasteiger partial charge in [-0.05, 0) is 49.4 Å². The quantitative estimate of drug-likeness (QED) is 0.589. The van der Waals surface area contributed by atoms with Crippen LogP contribution in [0.5, 0.6) is 0 Å². The molecule has 0 heterocycles. The van der Waals surface area contributed by atoms with Gasteiger partial charge in [0.1, 0.15) is 6.04 Å². The smallest absolute Gasteiger partial charge is 0.242 e. The molecule has 0 aliphatic heterocycles. The van der Waals surface area contributed by atoms with Gasteiger partial charge in [0.2, 0.25) is 21.8 Å². The van der Waals surface area contributed by atoms with Crippen molar-refractivity contribution >= 4 is 21.8 Å². The third-order valence-corrected chi connectivity index (χ3v) is 6.91. The Hall–Kier alpha value is -2.71. The largest absolute Gasteiger partial charge is 0.357 e. The molecule has 2 amide bonds. The van der Waals surface area contributed by atoms with Gasteiger partial charge < -0.3 is 10.2 Å². The normalized spacial score (nSPS) is 14.6. The summed E-state index contributed by atoms with van der Waals surface area (Å²) < 4.78 is 27.2. The maximum Gasteiger partial charge on any atom is 0.242 e. The summed E-state index contributed by atoms with van der Waals surface area (Å²) in [6, 6.07) is 15.6. The van der Waals surface area contributed by atoms with Gasteiger partial charge in [-0.25, -0.2) is 13.1 Å². The highest BCUT2D eigenvalue weighted by molar-refractivity contribution is 7.89. The fourth-order valence-corrected chi connectivity index (χ4v) is 4.60. The number of benzene rings is 2. The highest BCUT2D eigenvalue weighted by Gasteiger charge is 2.28. The van der Waals surface area contributed by atoms with Crippen LogP contribution in [0, 0.1) is 0 Å². The summed E-state index contributed by atoms with van der Waals surface area (Å²) in [5.41, 5.74) is 1.82. The van der Waals surface area contributed by atoms with Gasteiger partial charge in [-0.2, -0.15) is 0 Å². The lowest BCUT2D eigenvalue weighted by Crippen LogP contribution is -2.46. The van der Waals surface area contributed by atoms with E-state index in [4.69, 9.17) is 0 Å². The predicted octanol–water partition coefficient (Wildman–Crippen LogP) is 2.22. The fourth-order valence-electron chi connectivity index (χ4n) is 3.29. The van der Waals surface area contributed by atoms with E-state index in [0.29, 0.717) is 13.0 Å². The second kappa shape index (κ2) is 10.1. The third kappa shape index (κ3) is 6.38. The minimum absolute atomic E-state index is 0.0557. The molecule has 166 valence electrons. The molecule has 3 rings (SSSR count). The monoisotopic (exact) mass is 443 g/mol. The van der Waals surface area contributed by atoms with Crippen molar-refractivity contribution in [3.8, 4) is 0 Å². The molecular formula is C23H29N3O4S. The lowest BCUT2D eigenvalue weighted by molar-refractivity contribution is -0.140. The van der Waals surface area contributed by atoms with E-state index < -0.39 is 16.1 Å². The van der Waals surface area contributed by atoms with Crippen LogP contribution in [0.3, 0.4) is 0 Å². The van der Waals surface area contributed by atoms with Crippen LogP contribution < -0.4 is 10.0 Å². The topological polar surface area (TPSA) is 95.6 Å². The van der Waals surface area contributed by atoms with Gasteiger partial charge in [0.05, 0.1) is 4.90 Å². The Kier molecular flexibility index (Phi) is 7.46. The zero-order chi connectivity index (χ0) is 22.4. The first-order valence-corrected chi connectivity index (χ1v) is 11.9. The summed E-state index contributed by atoms with van der Waals surface area (Å²) in [4.78, 5) is 26.9. The van der Waals surface area contributed by atoms with Crippen molar-refractivity contribution in [2.45, 2.75) is 56.1 Å². The summed E-state index contributed by atoms with van der Waals surface area (Å²) in [5.74, 6) is -0.353. The molecule has 0 saturated heterocycles. The molecule has 0 radical (unpaired) electrons. The highest BCUT2D eigenvalue weighted by Crippen LogP contribution is 2.22. The van der Waals surface area contributed by atoms with Gasteiger partial charge in [0.15, 0.2) is 0 Å². The van der Waals surface area contributed by atoms with Crippen molar-refractivity contribution in [2.75, 3.05) is 7.05 Å². The molecule has 0 bridgehead atoms. The molecule has 2 aromatic carbocycles. The zero-order valence-corrected chi connectivity index (χ0v) is 18.7. The fraction of sp³-hybridized carbons (Fsp3) is 0.391. The van der Waals surface area contributed by atoms with Gasteiger partial charge in [-0.15, -0.1) is 0 Å². The average molecular weight is 444 g/mol. The molecule has 1 fully saturated rings. The van der Waals surface area contributed by atoms with Gasteiger partial charge in [-0.1, -0.05) is 42.5 Å². The van der Waals surface area contributed by atoms with Crippen LogP contribution in [-0.2, 0) is 32.6 Å². The summed E-state index contributed by atoms with van der Waals surface area (Å²) >= 11 is 0. The Morgan fingerprint density at radius 3 is 2.26 bits per heavy atom. The van der Waals surface area contributed by atoms with Gasteiger partial charge in [0, 0.05) is 26.1 Å². The van der Waals surface area contributed by atoms with Crippen LogP contribution in [0.25, 0.3) is 0 Å². The molecule has 1 atom stereocenters. The Morgan fingerprint density at radius 2 is 1.68 bits per heavy atom. The summed E-state index contributed by atoms with van der Waals surface area (Å²) in [6.07, 6.45) is 2.45. The van der Waals surface area contributed by atoms with E-state index in [0.717, 1.165) is 24.0 Å². The average Bonchev–Trinajstić information content (AvgIpc) is 3.59. The lowest BCUT2D eigenvalue weighted by atomic mass is 10.1. The first-order chi connectivity index (χ1) is 14.8. The lowest BCUT2D eigenvalue weighted by Gasteiger charge is -2.28. The minimum atomic E-state index is -3.49. The van der Waals surface area contributed by atoms with E-state index in [1.54, 1.807) is 43.1 Å². The van der Waals surface area contributed by atoms with E-state index in [9.17, 15) is 18.0 Å². The Bertz CT molecular complexity index is 1000. The molecular weight excluding hydrogens is 414 g/mol. The van der Waals surface area contributed by atoms with Crippen molar-refractivity contribution < 1.29 is 18.0 Å². The number of amides is 2. The van der Waals surface area contributed by atoms with Crippen LogP contribution >= 0.6 is 0 Å². The van der Waals surface area contributed by atoms with E-state index in [-0.39, 0.29) is 29.2 Å². The summed E-state index contributed by atoms with van der Waals surface area (Å²) in [5, 5.41) is 2.60.